The van der Waals surface area contributed by atoms with Crippen molar-refractivity contribution in [2.45, 2.75) is 6.18 Å². The average Bonchev–Trinajstić information content (AvgIpc) is 2.87. The van der Waals surface area contributed by atoms with Gasteiger partial charge in [-0.2, -0.15) is 18.3 Å². The number of nitrogens with two attached hydrogens (primary N) is 1. The van der Waals surface area contributed by atoms with E-state index in [4.69, 9.17) is 10.9 Å². The predicted octanol–water partition coefficient (Wildman–Crippen LogP) is 1.38. The lowest BCUT2D eigenvalue weighted by molar-refractivity contribution is -0.137. The zero-order valence-corrected chi connectivity index (χ0v) is 9.33. The third-order valence-electron chi connectivity index (χ3n) is 2.30. The second-order valence-corrected chi connectivity index (χ2v) is 3.56. The van der Waals surface area contributed by atoms with E-state index >= 15 is 0 Å². The molecule has 2 heterocycles. The smallest absolute Gasteiger partial charge is 0.409 e. The Labute approximate surface area is 105 Å². The van der Waals surface area contributed by atoms with Crippen LogP contribution in [0, 0.1) is 0 Å². The van der Waals surface area contributed by atoms with Crippen LogP contribution in [-0.2, 0) is 6.18 Å². The Morgan fingerprint density at radius 1 is 1.32 bits per heavy atom. The second-order valence-electron chi connectivity index (χ2n) is 3.56. The summed E-state index contributed by atoms with van der Waals surface area (Å²) in [6.07, 6.45) is -1.66. The summed E-state index contributed by atoms with van der Waals surface area (Å²) < 4.78 is 38.2. The van der Waals surface area contributed by atoms with Crippen molar-refractivity contribution >= 4 is 5.84 Å². The van der Waals surface area contributed by atoms with Crippen molar-refractivity contribution in [3.05, 3.63) is 41.9 Å². The van der Waals surface area contributed by atoms with Gasteiger partial charge < -0.3 is 10.9 Å². The molecule has 2 aromatic rings. The van der Waals surface area contributed by atoms with Crippen LogP contribution < -0.4 is 5.73 Å². The second kappa shape index (κ2) is 4.59. The summed E-state index contributed by atoms with van der Waals surface area (Å²) in [5.41, 5.74) is 4.81. The van der Waals surface area contributed by atoms with Crippen LogP contribution in [0.5, 0.6) is 0 Å². The summed E-state index contributed by atoms with van der Waals surface area (Å²) in [4.78, 5) is 3.87. The summed E-state index contributed by atoms with van der Waals surface area (Å²) in [6, 6.07) is 2.85. The Balaban J connectivity index is 2.30. The highest BCUT2D eigenvalue weighted by Crippen LogP contribution is 2.28. The number of aromatic nitrogens is 3. The first-order valence-corrected chi connectivity index (χ1v) is 4.98. The number of amidine groups is 1. The molecule has 0 spiro atoms. The van der Waals surface area contributed by atoms with Crippen molar-refractivity contribution in [2.24, 2.45) is 10.9 Å². The molecule has 0 aliphatic rings. The molecule has 0 aliphatic carbocycles. The van der Waals surface area contributed by atoms with Crippen LogP contribution in [0.4, 0.5) is 13.2 Å². The molecule has 0 aromatic carbocycles. The Morgan fingerprint density at radius 2 is 2.05 bits per heavy atom. The third kappa shape index (κ3) is 2.64. The highest BCUT2D eigenvalue weighted by atomic mass is 19.4. The van der Waals surface area contributed by atoms with E-state index in [0.29, 0.717) is 11.8 Å². The van der Waals surface area contributed by atoms with E-state index in [0.717, 1.165) is 10.9 Å². The molecule has 0 atom stereocenters. The lowest BCUT2D eigenvalue weighted by Gasteiger charge is -2.03. The summed E-state index contributed by atoms with van der Waals surface area (Å²) in [7, 11) is 0. The molecule has 0 saturated carbocycles. The van der Waals surface area contributed by atoms with Gasteiger partial charge in [-0.25, -0.2) is 9.67 Å². The maximum absolute atomic E-state index is 12.4. The maximum Gasteiger partial charge on any atom is 0.419 e. The summed E-state index contributed by atoms with van der Waals surface area (Å²) in [6.45, 7) is 0. The molecule has 3 N–H and O–H groups in total. The molecule has 19 heavy (non-hydrogen) atoms. The SMILES string of the molecule is NC(=NO)c1ccc(-n2cc(C(F)(F)F)cn2)nc1. The topological polar surface area (TPSA) is 89.3 Å². The standard InChI is InChI=1S/C10H8F3N5O/c11-10(12,13)7-4-16-18(5-7)8-2-1-6(3-15-8)9(14)17-19/h1-5,19H,(H2,14,17). The van der Waals surface area contributed by atoms with Gasteiger partial charge in [-0.3, -0.25) is 0 Å². The van der Waals surface area contributed by atoms with E-state index in [-0.39, 0.29) is 11.7 Å². The molecule has 0 fully saturated rings. The summed E-state index contributed by atoms with van der Waals surface area (Å²) >= 11 is 0. The number of hydrogen-bond donors (Lipinski definition) is 2. The van der Waals surface area contributed by atoms with Crippen LogP contribution in [0.2, 0.25) is 0 Å². The molecule has 0 aliphatic heterocycles. The highest BCUT2D eigenvalue weighted by molar-refractivity contribution is 5.96. The minimum Gasteiger partial charge on any atom is -0.409 e. The molecule has 2 rings (SSSR count). The van der Waals surface area contributed by atoms with Crippen molar-refractivity contribution in [1.82, 2.24) is 14.8 Å². The zero-order valence-electron chi connectivity index (χ0n) is 9.33. The van der Waals surface area contributed by atoms with Gasteiger partial charge in [0.15, 0.2) is 11.7 Å². The number of rotatable bonds is 2. The molecule has 100 valence electrons. The predicted molar refractivity (Wildman–Crippen MR) is 58.9 cm³/mol. The normalized spacial score (nSPS) is 12.7. The Bertz CT molecular complexity index is 602. The first kappa shape index (κ1) is 12.9. The maximum atomic E-state index is 12.4. The zero-order chi connectivity index (χ0) is 14.0. The monoisotopic (exact) mass is 271 g/mol. The summed E-state index contributed by atoms with van der Waals surface area (Å²) in [5.74, 6) is 0.0421. The Morgan fingerprint density at radius 3 is 2.53 bits per heavy atom. The lowest BCUT2D eigenvalue weighted by Crippen LogP contribution is -2.13. The number of nitrogens with zero attached hydrogens (tertiary/aromatic N) is 4. The van der Waals surface area contributed by atoms with E-state index in [1.165, 1.54) is 18.3 Å². The van der Waals surface area contributed by atoms with Gasteiger partial charge in [-0.1, -0.05) is 5.16 Å². The van der Waals surface area contributed by atoms with Gasteiger partial charge in [-0.05, 0) is 12.1 Å². The Kier molecular flexibility index (Phi) is 3.11. The average molecular weight is 271 g/mol. The van der Waals surface area contributed by atoms with Gasteiger partial charge in [0, 0.05) is 18.0 Å². The van der Waals surface area contributed by atoms with E-state index in [1.807, 2.05) is 0 Å². The molecule has 9 heteroatoms. The van der Waals surface area contributed by atoms with Crippen LogP contribution in [0.1, 0.15) is 11.1 Å². The lowest BCUT2D eigenvalue weighted by atomic mass is 10.2. The first-order valence-electron chi connectivity index (χ1n) is 4.98. The van der Waals surface area contributed by atoms with Gasteiger partial charge in [-0.15, -0.1) is 0 Å². The van der Waals surface area contributed by atoms with E-state index < -0.39 is 11.7 Å². The molecule has 0 radical (unpaired) electrons. The molecule has 0 bridgehead atoms. The number of alkyl halides is 3. The van der Waals surface area contributed by atoms with Gasteiger partial charge in [0.25, 0.3) is 0 Å². The van der Waals surface area contributed by atoms with Crippen molar-refractivity contribution in [1.29, 1.82) is 0 Å². The quantitative estimate of drug-likeness (QED) is 0.374. The molecule has 2 aromatic heterocycles. The van der Waals surface area contributed by atoms with Gasteiger partial charge in [0.2, 0.25) is 0 Å². The number of pyridine rings is 1. The summed E-state index contributed by atoms with van der Waals surface area (Å²) in [5, 5.41) is 14.8. The van der Waals surface area contributed by atoms with Crippen LogP contribution >= 0.6 is 0 Å². The number of hydrogen-bond acceptors (Lipinski definition) is 4. The Hall–Kier alpha value is -2.58. The van der Waals surface area contributed by atoms with E-state index in [2.05, 4.69) is 15.2 Å². The molecular formula is C10H8F3N5O. The molecule has 0 unspecified atom stereocenters. The molecular weight excluding hydrogens is 263 g/mol. The fourth-order valence-corrected chi connectivity index (χ4v) is 1.33. The largest absolute Gasteiger partial charge is 0.419 e. The van der Waals surface area contributed by atoms with Crippen LogP contribution in [0.15, 0.2) is 35.9 Å². The van der Waals surface area contributed by atoms with Crippen LogP contribution in [0.3, 0.4) is 0 Å². The highest BCUT2D eigenvalue weighted by Gasteiger charge is 2.32. The van der Waals surface area contributed by atoms with Crippen molar-refractivity contribution in [3.8, 4) is 5.82 Å². The minimum absolute atomic E-state index is 0.143. The van der Waals surface area contributed by atoms with Gasteiger partial charge in [0.1, 0.15) is 0 Å². The van der Waals surface area contributed by atoms with Crippen molar-refractivity contribution < 1.29 is 18.4 Å². The van der Waals surface area contributed by atoms with E-state index in [9.17, 15) is 13.2 Å². The van der Waals surface area contributed by atoms with Crippen molar-refractivity contribution in [2.75, 3.05) is 0 Å². The van der Waals surface area contributed by atoms with Gasteiger partial charge in [0.05, 0.1) is 11.8 Å². The minimum atomic E-state index is -4.45. The van der Waals surface area contributed by atoms with E-state index in [1.54, 1.807) is 0 Å². The molecule has 0 saturated heterocycles. The van der Waals surface area contributed by atoms with Crippen molar-refractivity contribution in [3.63, 3.8) is 0 Å². The first-order chi connectivity index (χ1) is 8.91. The molecule has 6 nitrogen and oxygen atoms in total. The van der Waals surface area contributed by atoms with Gasteiger partial charge >= 0.3 is 6.18 Å². The third-order valence-corrected chi connectivity index (χ3v) is 2.30. The van der Waals surface area contributed by atoms with Crippen LogP contribution in [0.25, 0.3) is 5.82 Å². The van der Waals surface area contributed by atoms with Crippen LogP contribution in [-0.4, -0.2) is 25.8 Å². The number of oxime groups is 1. The number of halogens is 3. The molecule has 0 amide bonds. The fraction of sp³-hybridized carbons (Fsp3) is 0.100. The fourth-order valence-electron chi connectivity index (χ4n) is 1.33.